The molecule has 1 N–H and O–H groups in total. The monoisotopic (exact) mass is 205 g/mol. The summed E-state index contributed by atoms with van der Waals surface area (Å²) >= 11 is 0. The number of ether oxygens (including phenoxy) is 1. The molecule has 1 atom stereocenters. The number of amides is 1. The summed E-state index contributed by atoms with van der Waals surface area (Å²) in [5.74, 6) is 0.706. The number of carbonyl (C=O) groups excluding carboxylic acids is 1. The lowest BCUT2D eigenvalue weighted by Gasteiger charge is -2.14. The van der Waals surface area contributed by atoms with Crippen molar-refractivity contribution in [3.05, 3.63) is 30.3 Å². The van der Waals surface area contributed by atoms with Gasteiger partial charge < -0.3 is 10.1 Å². The van der Waals surface area contributed by atoms with Gasteiger partial charge in [-0.1, -0.05) is 18.2 Å². The molecule has 1 unspecified atom stereocenters. The molecule has 0 heterocycles. The maximum absolute atomic E-state index is 11.6. The molecule has 1 aromatic carbocycles. The van der Waals surface area contributed by atoms with Gasteiger partial charge in [-0.15, -0.1) is 0 Å². The number of nitrogens with one attached hydrogen (secondary N) is 1. The van der Waals surface area contributed by atoms with Gasteiger partial charge in [0.15, 0.2) is 6.10 Å². The zero-order valence-corrected chi connectivity index (χ0v) is 8.77. The van der Waals surface area contributed by atoms with E-state index in [-0.39, 0.29) is 5.91 Å². The summed E-state index contributed by atoms with van der Waals surface area (Å²) in [5, 5.41) is 2.91. The Hall–Kier alpha value is -1.51. The summed E-state index contributed by atoms with van der Waals surface area (Å²) in [6.45, 7) is 1.77. The van der Waals surface area contributed by atoms with Gasteiger partial charge >= 0.3 is 0 Å². The Labute approximate surface area is 89.4 Å². The largest absolute Gasteiger partial charge is 0.481 e. The molecule has 0 aliphatic heterocycles. The van der Waals surface area contributed by atoms with E-state index in [1.165, 1.54) is 0 Å². The van der Waals surface area contributed by atoms with Crippen molar-refractivity contribution in [3.8, 4) is 5.75 Å². The summed E-state index contributed by atoms with van der Waals surface area (Å²) in [5.41, 5.74) is 0. The van der Waals surface area contributed by atoms with E-state index in [0.29, 0.717) is 6.04 Å². The van der Waals surface area contributed by atoms with Crippen LogP contribution in [0.5, 0.6) is 5.75 Å². The van der Waals surface area contributed by atoms with Crippen molar-refractivity contribution in [2.75, 3.05) is 0 Å². The average molecular weight is 205 g/mol. The highest BCUT2D eigenvalue weighted by Crippen LogP contribution is 2.19. The van der Waals surface area contributed by atoms with Crippen LogP contribution in [0.2, 0.25) is 0 Å². The molecular formula is C12H15NO2. The first-order valence-corrected chi connectivity index (χ1v) is 5.28. The van der Waals surface area contributed by atoms with E-state index in [9.17, 15) is 4.79 Å². The van der Waals surface area contributed by atoms with Crippen molar-refractivity contribution in [3.63, 3.8) is 0 Å². The van der Waals surface area contributed by atoms with E-state index < -0.39 is 6.10 Å². The van der Waals surface area contributed by atoms with Crippen LogP contribution >= 0.6 is 0 Å². The van der Waals surface area contributed by atoms with Crippen LogP contribution in [0.3, 0.4) is 0 Å². The van der Waals surface area contributed by atoms with Gasteiger partial charge in [0.05, 0.1) is 0 Å². The average Bonchev–Trinajstić information content (AvgIpc) is 3.03. The molecule has 1 saturated carbocycles. The van der Waals surface area contributed by atoms with Gasteiger partial charge in [0.25, 0.3) is 5.91 Å². The molecule has 0 aromatic heterocycles. The SMILES string of the molecule is CC(Oc1ccccc1)C(=O)NC1CC1. The molecule has 0 spiro atoms. The van der Waals surface area contributed by atoms with Crippen LogP contribution in [0.15, 0.2) is 30.3 Å². The molecule has 0 bridgehead atoms. The zero-order valence-electron chi connectivity index (χ0n) is 8.77. The number of carbonyl (C=O) groups is 1. The van der Waals surface area contributed by atoms with Crippen LogP contribution in [0, 0.1) is 0 Å². The van der Waals surface area contributed by atoms with Crippen molar-refractivity contribution in [2.24, 2.45) is 0 Å². The fourth-order valence-electron chi connectivity index (χ4n) is 1.30. The Morgan fingerprint density at radius 1 is 1.40 bits per heavy atom. The molecule has 2 rings (SSSR count). The molecule has 1 aliphatic rings. The van der Waals surface area contributed by atoms with E-state index in [1.54, 1.807) is 6.92 Å². The van der Waals surface area contributed by atoms with Gasteiger partial charge in [0, 0.05) is 6.04 Å². The van der Waals surface area contributed by atoms with Crippen LogP contribution in [0.25, 0.3) is 0 Å². The summed E-state index contributed by atoms with van der Waals surface area (Å²) in [7, 11) is 0. The molecule has 15 heavy (non-hydrogen) atoms. The maximum atomic E-state index is 11.6. The molecular weight excluding hydrogens is 190 g/mol. The predicted molar refractivity (Wildman–Crippen MR) is 57.7 cm³/mol. The van der Waals surface area contributed by atoms with Crippen LogP contribution in [0.4, 0.5) is 0 Å². The number of para-hydroxylation sites is 1. The fraction of sp³-hybridized carbons (Fsp3) is 0.417. The molecule has 0 saturated heterocycles. The summed E-state index contributed by atoms with van der Waals surface area (Å²) < 4.78 is 5.49. The molecule has 1 amide bonds. The molecule has 1 aliphatic carbocycles. The van der Waals surface area contributed by atoms with E-state index in [4.69, 9.17) is 4.74 Å². The van der Waals surface area contributed by atoms with E-state index in [1.807, 2.05) is 30.3 Å². The number of rotatable bonds is 4. The minimum Gasteiger partial charge on any atom is -0.481 e. The van der Waals surface area contributed by atoms with Crippen molar-refractivity contribution in [1.82, 2.24) is 5.32 Å². The third-order valence-electron chi connectivity index (χ3n) is 2.35. The predicted octanol–water partition coefficient (Wildman–Crippen LogP) is 1.73. The van der Waals surface area contributed by atoms with E-state index in [2.05, 4.69) is 5.32 Å². The highest BCUT2D eigenvalue weighted by molar-refractivity contribution is 5.81. The first-order valence-electron chi connectivity index (χ1n) is 5.28. The smallest absolute Gasteiger partial charge is 0.260 e. The van der Waals surface area contributed by atoms with Crippen molar-refractivity contribution < 1.29 is 9.53 Å². The molecule has 80 valence electrons. The standard InChI is InChI=1S/C12H15NO2/c1-9(12(14)13-10-7-8-10)15-11-5-3-2-4-6-11/h2-6,9-10H,7-8H2,1H3,(H,13,14). The Bertz CT molecular complexity index is 333. The van der Waals surface area contributed by atoms with Crippen molar-refractivity contribution in [2.45, 2.75) is 31.9 Å². The lowest BCUT2D eigenvalue weighted by Crippen LogP contribution is -2.37. The van der Waals surface area contributed by atoms with Crippen LogP contribution in [-0.4, -0.2) is 18.1 Å². The number of hydrogen-bond acceptors (Lipinski definition) is 2. The Kier molecular flexibility index (Phi) is 2.90. The molecule has 0 radical (unpaired) electrons. The first-order chi connectivity index (χ1) is 7.25. The van der Waals surface area contributed by atoms with E-state index in [0.717, 1.165) is 18.6 Å². The van der Waals surface area contributed by atoms with Crippen molar-refractivity contribution in [1.29, 1.82) is 0 Å². The Morgan fingerprint density at radius 3 is 2.67 bits per heavy atom. The molecule has 1 aromatic rings. The number of hydrogen-bond donors (Lipinski definition) is 1. The highest BCUT2D eigenvalue weighted by atomic mass is 16.5. The van der Waals surface area contributed by atoms with Crippen molar-refractivity contribution >= 4 is 5.91 Å². The zero-order chi connectivity index (χ0) is 10.7. The quantitative estimate of drug-likeness (QED) is 0.813. The minimum atomic E-state index is -0.423. The number of benzene rings is 1. The molecule has 3 heteroatoms. The third kappa shape index (κ3) is 2.98. The summed E-state index contributed by atoms with van der Waals surface area (Å²) in [6.07, 6.45) is 1.78. The second-order valence-electron chi connectivity index (χ2n) is 3.86. The maximum Gasteiger partial charge on any atom is 0.260 e. The van der Waals surface area contributed by atoms with Crippen LogP contribution in [-0.2, 0) is 4.79 Å². The Morgan fingerprint density at radius 2 is 2.07 bits per heavy atom. The van der Waals surface area contributed by atoms with Gasteiger partial charge in [-0.05, 0) is 31.9 Å². The van der Waals surface area contributed by atoms with E-state index >= 15 is 0 Å². The Balaban J connectivity index is 1.85. The fourth-order valence-corrected chi connectivity index (χ4v) is 1.30. The second kappa shape index (κ2) is 4.34. The first kappa shape index (κ1) is 10.0. The third-order valence-corrected chi connectivity index (χ3v) is 2.35. The highest BCUT2D eigenvalue weighted by Gasteiger charge is 2.26. The lowest BCUT2D eigenvalue weighted by atomic mass is 10.3. The second-order valence-corrected chi connectivity index (χ2v) is 3.86. The molecule has 3 nitrogen and oxygen atoms in total. The summed E-state index contributed by atoms with van der Waals surface area (Å²) in [4.78, 5) is 11.6. The molecule has 1 fully saturated rings. The van der Waals surface area contributed by atoms with Gasteiger partial charge in [-0.2, -0.15) is 0 Å². The lowest BCUT2D eigenvalue weighted by molar-refractivity contribution is -0.127. The topological polar surface area (TPSA) is 38.3 Å². The van der Waals surface area contributed by atoms with Gasteiger partial charge in [-0.25, -0.2) is 0 Å². The van der Waals surface area contributed by atoms with Gasteiger partial charge in [-0.3, -0.25) is 4.79 Å². The van der Waals surface area contributed by atoms with Gasteiger partial charge in [0.2, 0.25) is 0 Å². The minimum absolute atomic E-state index is 0.0265. The van der Waals surface area contributed by atoms with Crippen LogP contribution < -0.4 is 10.1 Å². The van der Waals surface area contributed by atoms with Gasteiger partial charge in [0.1, 0.15) is 5.75 Å². The van der Waals surface area contributed by atoms with Crippen LogP contribution in [0.1, 0.15) is 19.8 Å². The normalized spacial score (nSPS) is 16.9. The summed E-state index contributed by atoms with van der Waals surface area (Å²) in [6, 6.07) is 9.78.